The van der Waals surface area contributed by atoms with Crippen molar-refractivity contribution in [2.75, 3.05) is 20.2 Å². The van der Waals surface area contributed by atoms with Gasteiger partial charge in [-0.05, 0) is 12.1 Å². The Morgan fingerprint density at radius 3 is 2.60 bits per heavy atom. The maximum absolute atomic E-state index is 11.9. The summed E-state index contributed by atoms with van der Waals surface area (Å²) in [5, 5.41) is 10.4. The summed E-state index contributed by atoms with van der Waals surface area (Å²) >= 11 is 0. The molecule has 1 aromatic carbocycles. The first-order chi connectivity index (χ1) is 9.35. The van der Waals surface area contributed by atoms with E-state index in [-0.39, 0.29) is 4.90 Å². The topological polar surface area (TPSA) is 122 Å². The molecule has 0 atom stereocenters. The number of carboxylic acids is 1. The zero-order chi connectivity index (χ0) is 15.2. The molecule has 1 rings (SSSR count). The number of amides is 1. The molecule has 0 spiro atoms. The lowest BCUT2D eigenvalue weighted by Gasteiger charge is -2.08. The summed E-state index contributed by atoms with van der Waals surface area (Å²) in [7, 11) is -2.46. The van der Waals surface area contributed by atoms with E-state index >= 15 is 0 Å². The Hall–Kier alpha value is -2.13. The highest BCUT2D eigenvalue weighted by atomic mass is 32.2. The van der Waals surface area contributed by atoms with Crippen molar-refractivity contribution in [3.63, 3.8) is 0 Å². The fraction of sp³-hybridized carbons (Fsp3) is 0.273. The van der Waals surface area contributed by atoms with Crippen LogP contribution < -0.4 is 14.8 Å². The van der Waals surface area contributed by atoms with Crippen molar-refractivity contribution in [3.8, 4) is 5.75 Å². The highest BCUT2D eigenvalue weighted by molar-refractivity contribution is 7.89. The second-order valence-corrected chi connectivity index (χ2v) is 5.44. The molecule has 3 N–H and O–H groups in total. The number of nitrogens with one attached hydrogen (secondary N) is 2. The highest BCUT2D eigenvalue weighted by Gasteiger charge is 2.16. The van der Waals surface area contributed by atoms with Gasteiger partial charge in [0.05, 0.1) is 18.6 Å². The maximum Gasteiger partial charge on any atom is 0.322 e. The standard InChI is InChI=1S/C11H14N2O6S/c1-19-8-3-2-4-9(5-8)20(17,18)13-6-10(14)12-7-11(15)16/h2-5,13H,6-7H2,1H3,(H,12,14)(H,15,16). The Bertz CT molecular complexity index is 599. The van der Waals surface area contributed by atoms with Gasteiger partial charge in [0.15, 0.2) is 0 Å². The molecule has 0 saturated carbocycles. The van der Waals surface area contributed by atoms with Gasteiger partial charge in [-0.2, -0.15) is 0 Å². The molecule has 0 aliphatic heterocycles. The Morgan fingerprint density at radius 1 is 1.30 bits per heavy atom. The first-order valence-electron chi connectivity index (χ1n) is 5.47. The summed E-state index contributed by atoms with van der Waals surface area (Å²) in [5.74, 6) is -1.59. The van der Waals surface area contributed by atoms with Gasteiger partial charge in [-0.25, -0.2) is 13.1 Å². The number of benzene rings is 1. The average molecular weight is 302 g/mol. The van der Waals surface area contributed by atoms with Crippen LogP contribution in [0.25, 0.3) is 0 Å². The van der Waals surface area contributed by atoms with Crippen molar-refractivity contribution in [2.24, 2.45) is 0 Å². The van der Waals surface area contributed by atoms with Gasteiger partial charge in [0, 0.05) is 6.07 Å². The van der Waals surface area contributed by atoms with Gasteiger partial charge >= 0.3 is 5.97 Å². The molecule has 9 heteroatoms. The molecule has 1 amide bonds. The number of methoxy groups -OCH3 is 1. The SMILES string of the molecule is COc1cccc(S(=O)(=O)NCC(=O)NCC(=O)O)c1. The summed E-state index contributed by atoms with van der Waals surface area (Å²) < 4.78 is 30.7. The molecule has 8 nitrogen and oxygen atoms in total. The second-order valence-electron chi connectivity index (χ2n) is 3.67. The first kappa shape index (κ1) is 15.9. The minimum atomic E-state index is -3.86. The minimum Gasteiger partial charge on any atom is -0.497 e. The maximum atomic E-state index is 11.9. The van der Waals surface area contributed by atoms with E-state index in [4.69, 9.17) is 9.84 Å². The highest BCUT2D eigenvalue weighted by Crippen LogP contribution is 2.16. The number of aliphatic carboxylic acids is 1. The van der Waals surface area contributed by atoms with E-state index in [2.05, 4.69) is 4.72 Å². The van der Waals surface area contributed by atoms with Gasteiger partial charge in [-0.3, -0.25) is 9.59 Å². The Balaban J connectivity index is 2.65. The van der Waals surface area contributed by atoms with Gasteiger partial charge in [0.25, 0.3) is 0 Å². The van der Waals surface area contributed by atoms with Gasteiger partial charge in [0.1, 0.15) is 12.3 Å². The van der Waals surface area contributed by atoms with Crippen molar-refractivity contribution in [2.45, 2.75) is 4.90 Å². The number of rotatable bonds is 7. The van der Waals surface area contributed by atoms with E-state index in [9.17, 15) is 18.0 Å². The van der Waals surface area contributed by atoms with E-state index in [1.165, 1.54) is 25.3 Å². The lowest BCUT2D eigenvalue weighted by atomic mass is 10.3. The molecule has 0 fully saturated rings. The van der Waals surface area contributed by atoms with E-state index in [0.717, 1.165) is 0 Å². The zero-order valence-electron chi connectivity index (χ0n) is 10.6. The Morgan fingerprint density at radius 2 is 2.00 bits per heavy atom. The monoisotopic (exact) mass is 302 g/mol. The summed E-state index contributed by atoms with van der Waals surface area (Å²) in [6.45, 7) is -1.12. The number of sulfonamides is 1. The third-order valence-electron chi connectivity index (χ3n) is 2.21. The van der Waals surface area contributed by atoms with Gasteiger partial charge in [-0.15, -0.1) is 0 Å². The fourth-order valence-corrected chi connectivity index (χ4v) is 2.27. The van der Waals surface area contributed by atoms with E-state index < -0.39 is 35.0 Å². The molecule has 0 aliphatic carbocycles. The van der Waals surface area contributed by atoms with E-state index in [1.54, 1.807) is 6.07 Å². The van der Waals surface area contributed by atoms with Crippen LogP contribution >= 0.6 is 0 Å². The number of ether oxygens (including phenoxy) is 1. The third kappa shape index (κ3) is 4.86. The van der Waals surface area contributed by atoms with Crippen molar-refractivity contribution in [1.29, 1.82) is 0 Å². The molecule has 0 aromatic heterocycles. The molecule has 110 valence electrons. The predicted octanol–water partition coefficient (Wildman–Crippen LogP) is -0.826. The van der Waals surface area contributed by atoms with Gasteiger partial charge < -0.3 is 15.2 Å². The molecule has 0 saturated heterocycles. The molecule has 0 heterocycles. The summed E-state index contributed by atoms with van der Waals surface area (Å²) in [4.78, 5) is 21.4. The number of hydrogen-bond acceptors (Lipinski definition) is 5. The van der Waals surface area contributed by atoms with Crippen molar-refractivity contribution in [1.82, 2.24) is 10.0 Å². The van der Waals surface area contributed by atoms with E-state index in [1.807, 2.05) is 5.32 Å². The fourth-order valence-electron chi connectivity index (χ4n) is 1.25. The second kappa shape index (κ2) is 6.87. The van der Waals surface area contributed by atoms with Crippen molar-refractivity contribution < 1.29 is 27.9 Å². The number of carboxylic acid groups (broad SMARTS) is 1. The minimum absolute atomic E-state index is 0.0529. The molecule has 0 bridgehead atoms. The van der Waals surface area contributed by atoms with Crippen LogP contribution in [-0.4, -0.2) is 45.6 Å². The molecule has 1 aromatic rings. The molecular weight excluding hydrogens is 288 g/mol. The molecule has 0 unspecified atom stereocenters. The van der Waals surface area contributed by atoms with Crippen molar-refractivity contribution >= 4 is 21.9 Å². The molecular formula is C11H14N2O6S. The van der Waals surface area contributed by atoms with Crippen LogP contribution in [0.1, 0.15) is 0 Å². The summed E-state index contributed by atoms with van der Waals surface area (Å²) in [6.07, 6.45) is 0. The van der Waals surface area contributed by atoms with Crippen LogP contribution in [0.2, 0.25) is 0 Å². The normalized spacial score (nSPS) is 10.8. The zero-order valence-corrected chi connectivity index (χ0v) is 11.4. The summed E-state index contributed by atoms with van der Waals surface area (Å²) in [5.41, 5.74) is 0. The number of carbonyl (C=O) groups excluding carboxylic acids is 1. The number of carbonyl (C=O) groups is 2. The van der Waals surface area contributed by atoms with Crippen LogP contribution in [0.3, 0.4) is 0 Å². The van der Waals surface area contributed by atoms with Crippen LogP contribution in [0.5, 0.6) is 5.75 Å². The predicted molar refractivity (Wildman–Crippen MR) is 68.8 cm³/mol. The smallest absolute Gasteiger partial charge is 0.322 e. The van der Waals surface area contributed by atoms with Crippen molar-refractivity contribution in [3.05, 3.63) is 24.3 Å². The summed E-state index contributed by atoms with van der Waals surface area (Å²) in [6, 6.07) is 5.73. The van der Waals surface area contributed by atoms with Crippen LogP contribution in [0.15, 0.2) is 29.2 Å². The Labute approximate surface area is 115 Å². The van der Waals surface area contributed by atoms with E-state index in [0.29, 0.717) is 5.75 Å². The molecule has 0 radical (unpaired) electrons. The molecule has 20 heavy (non-hydrogen) atoms. The average Bonchev–Trinajstić information content (AvgIpc) is 2.43. The lowest BCUT2D eigenvalue weighted by Crippen LogP contribution is -2.38. The van der Waals surface area contributed by atoms with Crippen LogP contribution in [0.4, 0.5) is 0 Å². The first-order valence-corrected chi connectivity index (χ1v) is 6.95. The molecule has 0 aliphatic rings. The lowest BCUT2D eigenvalue weighted by molar-refractivity contribution is -0.137. The van der Waals surface area contributed by atoms with Crippen LogP contribution in [0, 0.1) is 0 Å². The largest absolute Gasteiger partial charge is 0.497 e. The quantitative estimate of drug-likeness (QED) is 0.604. The van der Waals surface area contributed by atoms with Gasteiger partial charge in [-0.1, -0.05) is 6.07 Å². The Kier molecular flexibility index (Phi) is 5.47. The third-order valence-corrected chi connectivity index (χ3v) is 3.61. The number of hydrogen-bond donors (Lipinski definition) is 3. The van der Waals surface area contributed by atoms with Gasteiger partial charge in [0.2, 0.25) is 15.9 Å². The van der Waals surface area contributed by atoms with Crippen LogP contribution in [-0.2, 0) is 19.6 Å².